The Labute approximate surface area is 137 Å². The maximum Gasteiger partial charge on any atom is 0.254 e. The van der Waals surface area contributed by atoms with Gasteiger partial charge < -0.3 is 4.90 Å². The summed E-state index contributed by atoms with van der Waals surface area (Å²) in [5, 5.41) is 1.36. The van der Waals surface area contributed by atoms with Crippen LogP contribution in [0.5, 0.6) is 0 Å². The van der Waals surface area contributed by atoms with Crippen LogP contribution in [0.2, 0.25) is 0 Å². The molecule has 1 aromatic rings. The number of benzene rings is 1. The van der Waals surface area contributed by atoms with Crippen molar-refractivity contribution >= 4 is 17.7 Å². The maximum atomic E-state index is 13.2. The van der Waals surface area contributed by atoms with E-state index in [9.17, 15) is 4.79 Å². The Morgan fingerprint density at radius 1 is 0.864 bits per heavy atom. The lowest BCUT2D eigenvalue weighted by atomic mass is 9.86. The van der Waals surface area contributed by atoms with Crippen LogP contribution in [0.15, 0.2) is 30.3 Å². The van der Waals surface area contributed by atoms with E-state index in [0.29, 0.717) is 22.6 Å². The highest BCUT2D eigenvalue weighted by Gasteiger charge is 2.46. The van der Waals surface area contributed by atoms with Crippen LogP contribution in [0.25, 0.3) is 0 Å². The fraction of sp³-hybridized carbons (Fsp3) is 0.632. The van der Waals surface area contributed by atoms with Gasteiger partial charge in [-0.25, -0.2) is 0 Å². The molecule has 3 aliphatic rings. The summed E-state index contributed by atoms with van der Waals surface area (Å²) in [5.41, 5.74) is 0.878. The van der Waals surface area contributed by atoms with Crippen molar-refractivity contribution in [3.63, 3.8) is 0 Å². The lowest BCUT2D eigenvalue weighted by molar-refractivity contribution is 0.0437. The van der Waals surface area contributed by atoms with Gasteiger partial charge in [0, 0.05) is 28.1 Å². The number of hydrogen-bond donors (Lipinski definition) is 0. The van der Waals surface area contributed by atoms with Crippen molar-refractivity contribution in [3.8, 4) is 0 Å². The zero-order chi connectivity index (χ0) is 14.9. The van der Waals surface area contributed by atoms with Gasteiger partial charge in [-0.1, -0.05) is 43.9 Å². The summed E-state index contributed by atoms with van der Waals surface area (Å²) < 4.78 is 0. The first-order valence-corrected chi connectivity index (χ1v) is 9.82. The molecular formula is C19H25NOS. The van der Waals surface area contributed by atoms with E-state index in [1.54, 1.807) is 0 Å². The number of fused-ring (bicyclic) bond motifs is 2. The second-order valence-electron chi connectivity index (χ2n) is 7.00. The number of thioether (sulfide) groups is 1. The van der Waals surface area contributed by atoms with Crippen LogP contribution in [0.1, 0.15) is 61.7 Å². The Morgan fingerprint density at radius 3 is 2.00 bits per heavy atom. The fourth-order valence-corrected chi connectivity index (χ4v) is 6.56. The molecule has 2 nitrogen and oxygen atoms in total. The minimum Gasteiger partial charge on any atom is -0.330 e. The van der Waals surface area contributed by atoms with Crippen molar-refractivity contribution in [2.45, 2.75) is 74.0 Å². The third-order valence-corrected chi connectivity index (χ3v) is 7.45. The molecule has 2 saturated carbocycles. The Balaban J connectivity index is 1.67. The molecule has 0 unspecified atom stereocenters. The minimum atomic E-state index is 0.287. The average Bonchev–Trinajstić information content (AvgIpc) is 2.60. The van der Waals surface area contributed by atoms with Crippen molar-refractivity contribution in [1.82, 2.24) is 4.90 Å². The summed E-state index contributed by atoms with van der Waals surface area (Å²) in [6.45, 7) is 0. The summed E-state index contributed by atoms with van der Waals surface area (Å²) in [7, 11) is 0. The van der Waals surface area contributed by atoms with Crippen LogP contribution in [-0.4, -0.2) is 33.4 Å². The second kappa shape index (κ2) is 6.27. The normalized spacial score (nSPS) is 34.6. The zero-order valence-electron chi connectivity index (χ0n) is 13.1. The molecule has 0 bridgehead atoms. The molecule has 4 atom stereocenters. The van der Waals surface area contributed by atoms with E-state index in [1.165, 1.54) is 51.4 Å². The van der Waals surface area contributed by atoms with Gasteiger partial charge in [-0.3, -0.25) is 4.79 Å². The first-order chi connectivity index (χ1) is 10.8. The Morgan fingerprint density at radius 2 is 1.41 bits per heavy atom. The van der Waals surface area contributed by atoms with Crippen LogP contribution in [0.4, 0.5) is 0 Å². The lowest BCUT2D eigenvalue weighted by Gasteiger charge is -2.53. The van der Waals surface area contributed by atoms with Crippen molar-refractivity contribution < 1.29 is 4.79 Å². The van der Waals surface area contributed by atoms with E-state index >= 15 is 0 Å². The topological polar surface area (TPSA) is 20.3 Å². The number of hydrogen-bond acceptors (Lipinski definition) is 2. The average molecular weight is 315 g/mol. The highest BCUT2D eigenvalue weighted by molar-refractivity contribution is 8.00. The predicted molar refractivity (Wildman–Crippen MR) is 92.3 cm³/mol. The molecule has 0 spiro atoms. The van der Waals surface area contributed by atoms with E-state index in [2.05, 4.69) is 16.7 Å². The van der Waals surface area contributed by atoms with Gasteiger partial charge in [0.2, 0.25) is 0 Å². The molecule has 1 heterocycles. The number of nitrogens with zero attached hydrogens (tertiary/aromatic N) is 1. The molecule has 4 rings (SSSR count). The monoisotopic (exact) mass is 315 g/mol. The van der Waals surface area contributed by atoms with Gasteiger partial charge in [0.05, 0.1) is 0 Å². The quantitative estimate of drug-likeness (QED) is 0.760. The van der Waals surface area contributed by atoms with E-state index in [-0.39, 0.29) is 5.91 Å². The van der Waals surface area contributed by atoms with Gasteiger partial charge in [-0.15, -0.1) is 0 Å². The summed E-state index contributed by atoms with van der Waals surface area (Å²) >= 11 is 2.22. The summed E-state index contributed by atoms with van der Waals surface area (Å²) in [4.78, 5) is 15.6. The third kappa shape index (κ3) is 2.58. The Bertz CT molecular complexity index is 509. The van der Waals surface area contributed by atoms with E-state index in [4.69, 9.17) is 0 Å². The summed E-state index contributed by atoms with van der Waals surface area (Å²) in [6.07, 6.45) is 10.3. The predicted octanol–water partition coefficient (Wildman–Crippen LogP) is 4.50. The van der Waals surface area contributed by atoms with Crippen LogP contribution in [0, 0.1) is 0 Å². The first-order valence-electron chi connectivity index (χ1n) is 8.88. The molecule has 118 valence electrons. The molecule has 2 aliphatic carbocycles. The molecule has 1 saturated heterocycles. The van der Waals surface area contributed by atoms with Crippen molar-refractivity contribution in [2.24, 2.45) is 0 Å². The molecule has 22 heavy (non-hydrogen) atoms. The van der Waals surface area contributed by atoms with Crippen LogP contribution >= 0.6 is 11.8 Å². The van der Waals surface area contributed by atoms with E-state index < -0.39 is 0 Å². The molecule has 0 N–H and O–H groups in total. The molecule has 3 fully saturated rings. The fourth-order valence-electron chi connectivity index (χ4n) is 4.61. The minimum absolute atomic E-state index is 0.287. The largest absolute Gasteiger partial charge is 0.330 e. The molecular weight excluding hydrogens is 290 g/mol. The molecule has 0 radical (unpaired) electrons. The van der Waals surface area contributed by atoms with Crippen LogP contribution in [0.3, 0.4) is 0 Å². The SMILES string of the molecule is O=C(c1ccccc1)N1[C@@H]2CCCC[C@@H]2S[C@@H]2CCCC[C@H]21. The maximum absolute atomic E-state index is 13.2. The first kappa shape index (κ1) is 14.6. The number of carbonyl (C=O) groups is 1. The standard InChI is InChI=1S/C19H25NOS/c21-19(14-8-2-1-3-9-14)20-15-10-4-6-12-17(15)22-18-13-7-5-11-16(18)20/h1-3,8-9,15-18H,4-7,10-13H2/t15-,16-,17-,18+/m1/s1. The van der Waals surface area contributed by atoms with Gasteiger partial charge in [-0.05, 0) is 37.8 Å². The molecule has 1 aliphatic heterocycles. The molecule has 3 heteroatoms. The number of rotatable bonds is 1. The van der Waals surface area contributed by atoms with Gasteiger partial charge >= 0.3 is 0 Å². The highest BCUT2D eigenvalue weighted by Crippen LogP contribution is 2.46. The number of carbonyl (C=O) groups excluding carboxylic acids is 1. The number of amides is 1. The molecule has 1 amide bonds. The third-order valence-electron chi connectivity index (χ3n) is 5.65. The van der Waals surface area contributed by atoms with Gasteiger partial charge in [0.1, 0.15) is 0 Å². The Kier molecular flexibility index (Phi) is 4.17. The van der Waals surface area contributed by atoms with Gasteiger partial charge in [0.25, 0.3) is 5.91 Å². The smallest absolute Gasteiger partial charge is 0.254 e. The van der Waals surface area contributed by atoms with Gasteiger partial charge in [0.15, 0.2) is 0 Å². The Hall–Kier alpha value is -0.960. The highest BCUT2D eigenvalue weighted by atomic mass is 32.2. The zero-order valence-corrected chi connectivity index (χ0v) is 13.9. The summed E-state index contributed by atoms with van der Waals surface area (Å²) in [6, 6.07) is 10.9. The molecule has 1 aromatic carbocycles. The van der Waals surface area contributed by atoms with Crippen LogP contribution in [-0.2, 0) is 0 Å². The van der Waals surface area contributed by atoms with E-state index in [1.807, 2.05) is 30.3 Å². The van der Waals surface area contributed by atoms with Crippen molar-refractivity contribution in [3.05, 3.63) is 35.9 Å². The van der Waals surface area contributed by atoms with Crippen molar-refractivity contribution in [1.29, 1.82) is 0 Å². The summed E-state index contributed by atoms with van der Waals surface area (Å²) in [5.74, 6) is 0.287. The second-order valence-corrected chi connectivity index (χ2v) is 8.48. The van der Waals surface area contributed by atoms with Gasteiger partial charge in [-0.2, -0.15) is 11.8 Å². The van der Waals surface area contributed by atoms with Crippen LogP contribution < -0.4 is 0 Å². The van der Waals surface area contributed by atoms with Crippen molar-refractivity contribution in [2.75, 3.05) is 0 Å². The lowest BCUT2D eigenvalue weighted by Crippen LogP contribution is -2.60. The molecule has 0 aromatic heterocycles. The van der Waals surface area contributed by atoms with E-state index in [0.717, 1.165) is 5.56 Å².